The topological polar surface area (TPSA) is 149 Å². The number of ether oxygens (including phenoxy) is 3. The summed E-state index contributed by atoms with van der Waals surface area (Å²) in [6.45, 7) is -0.854. The Kier molecular flexibility index (Phi) is 5.23. The van der Waals surface area contributed by atoms with Gasteiger partial charge in [-0.1, -0.05) is 6.08 Å². The van der Waals surface area contributed by atoms with Crippen molar-refractivity contribution in [1.82, 2.24) is 0 Å². The van der Waals surface area contributed by atoms with Gasteiger partial charge >= 0.3 is 0 Å². The Labute approximate surface area is 138 Å². The van der Waals surface area contributed by atoms with Crippen LogP contribution in [0, 0.1) is 11.8 Å². The van der Waals surface area contributed by atoms with Crippen LogP contribution >= 0.6 is 0 Å². The molecule has 0 radical (unpaired) electrons. The van der Waals surface area contributed by atoms with Gasteiger partial charge in [-0.15, -0.1) is 0 Å². The Balaban J connectivity index is 1.75. The maximum Gasteiger partial charge on any atom is 0.209 e. The Morgan fingerprint density at radius 3 is 2.42 bits per heavy atom. The Bertz CT molecular complexity index is 505. The minimum Gasteiger partial charge on any atom is -0.472 e. The second kappa shape index (κ2) is 7.06. The molecule has 1 aliphatic carbocycles. The Morgan fingerprint density at radius 1 is 1.00 bits per heavy atom. The molecular weight excluding hydrogens is 324 g/mol. The summed E-state index contributed by atoms with van der Waals surface area (Å²) in [6.07, 6.45) is -4.27. The van der Waals surface area contributed by atoms with Crippen molar-refractivity contribution in [2.75, 3.05) is 13.2 Å². The van der Waals surface area contributed by atoms with Crippen molar-refractivity contribution in [3.8, 4) is 0 Å². The molecule has 0 saturated carbocycles. The highest BCUT2D eigenvalue weighted by Gasteiger charge is 2.49. The predicted octanol–water partition coefficient (Wildman–Crippen LogP) is -2.80. The van der Waals surface area contributed by atoms with E-state index in [1.54, 1.807) is 6.08 Å². The molecule has 0 aromatic rings. The van der Waals surface area contributed by atoms with Crippen molar-refractivity contribution in [2.24, 2.45) is 11.8 Å². The third kappa shape index (κ3) is 2.98. The van der Waals surface area contributed by atoms with E-state index in [2.05, 4.69) is 0 Å². The lowest BCUT2D eigenvalue weighted by atomic mass is 9.88. The zero-order chi connectivity index (χ0) is 17.4. The first-order valence-electron chi connectivity index (χ1n) is 7.75. The monoisotopic (exact) mass is 346 g/mol. The SMILES string of the molecule is OCC1=C[C@@H](O)[C@@H]2C=CO[C@@H](O[C@@H]3OC(CO)[C@@H](O)[C@H](O)C3O)[C@H]12. The van der Waals surface area contributed by atoms with E-state index in [4.69, 9.17) is 14.2 Å². The highest BCUT2D eigenvalue weighted by molar-refractivity contribution is 5.25. The molecule has 0 aromatic heterocycles. The van der Waals surface area contributed by atoms with Crippen LogP contribution in [0.15, 0.2) is 24.0 Å². The van der Waals surface area contributed by atoms with Crippen molar-refractivity contribution in [3.05, 3.63) is 24.0 Å². The number of hydrogen-bond acceptors (Lipinski definition) is 9. The van der Waals surface area contributed by atoms with Gasteiger partial charge in [0, 0.05) is 5.92 Å². The van der Waals surface area contributed by atoms with Crippen LogP contribution in [0.5, 0.6) is 0 Å². The van der Waals surface area contributed by atoms with Crippen molar-refractivity contribution >= 4 is 0 Å². The van der Waals surface area contributed by atoms with Gasteiger partial charge in [0.1, 0.15) is 24.4 Å². The first kappa shape index (κ1) is 17.8. The molecule has 1 fully saturated rings. The van der Waals surface area contributed by atoms with Crippen LogP contribution in [0.2, 0.25) is 0 Å². The lowest BCUT2D eigenvalue weighted by Gasteiger charge is -2.42. The quantitative estimate of drug-likeness (QED) is 0.297. The Morgan fingerprint density at radius 2 is 1.75 bits per heavy atom. The van der Waals surface area contributed by atoms with Gasteiger partial charge in [0.25, 0.3) is 0 Å². The molecule has 0 bridgehead atoms. The van der Waals surface area contributed by atoms with Crippen LogP contribution in [0.25, 0.3) is 0 Å². The number of fused-ring (bicyclic) bond motifs is 1. The van der Waals surface area contributed by atoms with Crippen LogP contribution < -0.4 is 0 Å². The second-order valence-corrected chi connectivity index (χ2v) is 6.16. The van der Waals surface area contributed by atoms with E-state index in [0.29, 0.717) is 5.57 Å². The molecule has 9 atom stereocenters. The van der Waals surface area contributed by atoms with E-state index in [1.165, 1.54) is 12.3 Å². The minimum atomic E-state index is -1.56. The van der Waals surface area contributed by atoms with Crippen LogP contribution in [-0.2, 0) is 14.2 Å². The average Bonchev–Trinajstić information content (AvgIpc) is 2.92. The molecule has 9 nitrogen and oxygen atoms in total. The van der Waals surface area contributed by atoms with E-state index >= 15 is 0 Å². The van der Waals surface area contributed by atoms with Gasteiger partial charge in [0.05, 0.1) is 31.5 Å². The predicted molar refractivity (Wildman–Crippen MR) is 77.0 cm³/mol. The third-order valence-electron chi connectivity index (χ3n) is 4.73. The summed E-state index contributed by atoms with van der Waals surface area (Å²) in [7, 11) is 0. The number of aliphatic hydroxyl groups excluding tert-OH is 6. The first-order chi connectivity index (χ1) is 11.5. The summed E-state index contributed by atoms with van der Waals surface area (Å²) < 4.78 is 16.3. The van der Waals surface area contributed by atoms with Gasteiger partial charge in [-0.3, -0.25) is 0 Å². The molecule has 1 saturated heterocycles. The fourth-order valence-electron chi connectivity index (χ4n) is 3.38. The first-order valence-corrected chi connectivity index (χ1v) is 7.75. The summed E-state index contributed by atoms with van der Waals surface area (Å²) in [5, 5.41) is 58.3. The van der Waals surface area contributed by atoms with E-state index in [-0.39, 0.29) is 12.5 Å². The van der Waals surface area contributed by atoms with Gasteiger partial charge in [-0.05, 0) is 11.6 Å². The highest BCUT2D eigenvalue weighted by atomic mass is 16.8. The molecule has 0 aromatic carbocycles. The van der Waals surface area contributed by atoms with Crippen molar-refractivity contribution in [1.29, 1.82) is 0 Å². The second-order valence-electron chi connectivity index (χ2n) is 6.16. The fourth-order valence-corrected chi connectivity index (χ4v) is 3.38. The maximum atomic E-state index is 10.0. The summed E-state index contributed by atoms with van der Waals surface area (Å²) in [6, 6.07) is 0. The largest absolute Gasteiger partial charge is 0.472 e. The third-order valence-corrected chi connectivity index (χ3v) is 4.73. The average molecular weight is 346 g/mol. The fraction of sp³-hybridized carbons (Fsp3) is 0.733. The van der Waals surface area contributed by atoms with Crippen LogP contribution in [0.4, 0.5) is 0 Å². The molecule has 0 amide bonds. The summed E-state index contributed by atoms with van der Waals surface area (Å²) >= 11 is 0. The molecule has 24 heavy (non-hydrogen) atoms. The van der Waals surface area contributed by atoms with E-state index in [1.807, 2.05) is 0 Å². The molecule has 0 spiro atoms. The summed E-state index contributed by atoms with van der Waals surface area (Å²) in [5.41, 5.74) is 0.534. The molecule has 2 unspecified atom stereocenters. The van der Waals surface area contributed by atoms with Gasteiger partial charge in [0.2, 0.25) is 6.29 Å². The van der Waals surface area contributed by atoms with Crippen molar-refractivity contribution in [3.63, 3.8) is 0 Å². The maximum absolute atomic E-state index is 10.0. The molecule has 3 rings (SSSR count). The highest BCUT2D eigenvalue weighted by Crippen LogP contribution is 2.40. The summed E-state index contributed by atoms with van der Waals surface area (Å²) in [4.78, 5) is 0. The molecule has 9 heteroatoms. The van der Waals surface area contributed by atoms with Gasteiger partial charge in [0.15, 0.2) is 6.29 Å². The molecule has 3 aliphatic rings. The number of rotatable bonds is 4. The van der Waals surface area contributed by atoms with E-state index in [0.717, 1.165) is 0 Å². The van der Waals surface area contributed by atoms with Gasteiger partial charge in [-0.25, -0.2) is 0 Å². The number of aliphatic hydroxyl groups is 6. The molecule has 2 heterocycles. The summed E-state index contributed by atoms with van der Waals surface area (Å²) in [5.74, 6) is -0.835. The number of hydrogen-bond donors (Lipinski definition) is 6. The van der Waals surface area contributed by atoms with Crippen LogP contribution in [0.1, 0.15) is 0 Å². The molecule has 2 aliphatic heterocycles. The van der Waals surface area contributed by atoms with E-state index < -0.39 is 55.6 Å². The standard InChI is InChI=1S/C15H22O9/c16-4-6-3-8(18)7-1-2-22-14(10(6)7)24-15-13(21)12(20)11(19)9(5-17)23-15/h1-3,7-21H,4-5H2/t7-,8+,9?,10+,11+,12-,13?,14-,15-/m0/s1. The van der Waals surface area contributed by atoms with Gasteiger partial charge in [-0.2, -0.15) is 0 Å². The lowest BCUT2D eigenvalue weighted by Crippen LogP contribution is -2.60. The minimum absolute atomic E-state index is 0.288. The zero-order valence-electron chi connectivity index (χ0n) is 12.8. The van der Waals surface area contributed by atoms with Crippen LogP contribution in [0.3, 0.4) is 0 Å². The zero-order valence-corrected chi connectivity index (χ0v) is 12.8. The van der Waals surface area contributed by atoms with E-state index in [9.17, 15) is 30.6 Å². The smallest absolute Gasteiger partial charge is 0.209 e. The molecule has 136 valence electrons. The Hall–Kier alpha value is -1.04. The lowest BCUT2D eigenvalue weighted by molar-refractivity contribution is -0.339. The van der Waals surface area contributed by atoms with Gasteiger partial charge < -0.3 is 44.8 Å². The van der Waals surface area contributed by atoms with Crippen molar-refractivity contribution < 1.29 is 44.8 Å². The molecular formula is C15H22O9. The van der Waals surface area contributed by atoms with Crippen LogP contribution in [-0.4, -0.2) is 87.0 Å². The molecule has 6 N–H and O–H groups in total. The normalized spacial score (nSPS) is 47.9. The van der Waals surface area contributed by atoms with Crippen molar-refractivity contribution in [2.45, 2.75) is 43.1 Å².